The van der Waals surface area contributed by atoms with Gasteiger partial charge in [0.05, 0.1) is 19.6 Å². The number of piperidine rings is 1. The summed E-state index contributed by atoms with van der Waals surface area (Å²) in [6, 6.07) is 9.26. The van der Waals surface area contributed by atoms with Crippen LogP contribution in [0.3, 0.4) is 0 Å². The monoisotopic (exact) mass is 295 g/mol. The summed E-state index contributed by atoms with van der Waals surface area (Å²) in [5.74, 6) is -1.37. The summed E-state index contributed by atoms with van der Waals surface area (Å²) in [7, 11) is 1.23. The maximum atomic E-state index is 13.9. The third kappa shape index (κ3) is 3.93. The van der Waals surface area contributed by atoms with Crippen LogP contribution in [0.2, 0.25) is 0 Å². The first kappa shape index (κ1) is 15.3. The van der Waals surface area contributed by atoms with Crippen LogP contribution in [-0.4, -0.2) is 43.3 Å². The summed E-state index contributed by atoms with van der Waals surface area (Å²) < 4.78 is 23.6. The van der Waals surface area contributed by atoms with Gasteiger partial charge in [-0.2, -0.15) is 0 Å². The Balaban J connectivity index is 1.83. The zero-order valence-electron chi connectivity index (χ0n) is 11.8. The van der Waals surface area contributed by atoms with E-state index in [9.17, 15) is 14.0 Å². The molecule has 0 aliphatic carbocycles. The lowest BCUT2D eigenvalue weighted by Gasteiger charge is -2.32. The van der Waals surface area contributed by atoms with Crippen molar-refractivity contribution in [2.45, 2.75) is 19.2 Å². The van der Waals surface area contributed by atoms with Crippen molar-refractivity contribution in [3.8, 4) is 0 Å². The molecule has 0 aromatic heterocycles. The molecule has 1 heterocycles. The smallest absolute Gasteiger partial charge is 0.410 e. The molecule has 114 valence electrons. The number of nitrogens with zero attached hydrogens (tertiary/aromatic N) is 1. The number of hydrogen-bond acceptors (Lipinski definition) is 4. The first-order valence-electron chi connectivity index (χ1n) is 6.79. The molecule has 0 saturated carbocycles. The average Bonchev–Trinajstić information content (AvgIpc) is 2.52. The maximum Gasteiger partial charge on any atom is 0.410 e. The van der Waals surface area contributed by atoms with Gasteiger partial charge in [0.1, 0.15) is 12.8 Å². The highest BCUT2D eigenvalue weighted by Gasteiger charge is 2.37. The van der Waals surface area contributed by atoms with Crippen LogP contribution in [0, 0.1) is 5.92 Å². The largest absolute Gasteiger partial charge is 0.469 e. The fourth-order valence-corrected chi connectivity index (χ4v) is 2.30. The molecule has 1 saturated heterocycles. The molecule has 1 fully saturated rings. The molecule has 1 aromatic carbocycles. The molecular formula is C15H18FNO4. The lowest BCUT2D eigenvalue weighted by Crippen LogP contribution is -2.47. The van der Waals surface area contributed by atoms with E-state index in [2.05, 4.69) is 4.74 Å². The van der Waals surface area contributed by atoms with Crippen molar-refractivity contribution in [1.82, 2.24) is 4.90 Å². The zero-order chi connectivity index (χ0) is 15.2. The molecule has 0 radical (unpaired) electrons. The molecule has 2 atom stereocenters. The fourth-order valence-electron chi connectivity index (χ4n) is 2.30. The van der Waals surface area contributed by atoms with Crippen molar-refractivity contribution < 1.29 is 23.5 Å². The Labute approximate surface area is 122 Å². The molecule has 2 rings (SSSR count). The predicted molar refractivity (Wildman–Crippen MR) is 73.2 cm³/mol. The van der Waals surface area contributed by atoms with Crippen molar-refractivity contribution in [2.75, 3.05) is 20.2 Å². The number of esters is 1. The van der Waals surface area contributed by atoms with E-state index in [0.717, 1.165) is 5.56 Å². The number of methoxy groups -OCH3 is 1. The minimum atomic E-state index is -1.42. The second kappa shape index (κ2) is 7.06. The summed E-state index contributed by atoms with van der Waals surface area (Å²) in [5.41, 5.74) is 0.868. The van der Waals surface area contributed by atoms with Gasteiger partial charge in [0.25, 0.3) is 0 Å². The van der Waals surface area contributed by atoms with Crippen LogP contribution in [-0.2, 0) is 20.9 Å². The molecule has 0 bridgehead atoms. The SMILES string of the molecule is COC(=O)[C@@H]1CCN(C(=O)OCc2ccccc2)C[C@@H]1F. The van der Waals surface area contributed by atoms with Crippen LogP contribution < -0.4 is 0 Å². The number of amides is 1. The van der Waals surface area contributed by atoms with E-state index >= 15 is 0 Å². The Morgan fingerprint density at radius 2 is 2.05 bits per heavy atom. The summed E-state index contributed by atoms with van der Waals surface area (Å²) >= 11 is 0. The van der Waals surface area contributed by atoms with E-state index in [1.54, 1.807) is 0 Å². The molecule has 5 nitrogen and oxygen atoms in total. The normalized spacial score (nSPS) is 21.7. The third-order valence-electron chi connectivity index (χ3n) is 3.51. The van der Waals surface area contributed by atoms with Crippen molar-refractivity contribution in [3.05, 3.63) is 35.9 Å². The quantitative estimate of drug-likeness (QED) is 0.802. The van der Waals surface area contributed by atoms with Gasteiger partial charge in [-0.15, -0.1) is 0 Å². The van der Waals surface area contributed by atoms with E-state index in [1.165, 1.54) is 12.0 Å². The van der Waals surface area contributed by atoms with Gasteiger partial charge in [0.2, 0.25) is 0 Å². The Bertz CT molecular complexity index is 494. The number of hydrogen-bond donors (Lipinski definition) is 0. The van der Waals surface area contributed by atoms with Crippen molar-refractivity contribution in [2.24, 2.45) is 5.92 Å². The number of halogens is 1. The number of carbonyl (C=O) groups is 2. The molecular weight excluding hydrogens is 277 g/mol. The minimum Gasteiger partial charge on any atom is -0.469 e. The van der Waals surface area contributed by atoms with Crippen molar-refractivity contribution >= 4 is 12.1 Å². The molecule has 0 spiro atoms. The van der Waals surface area contributed by atoms with Crippen molar-refractivity contribution in [3.63, 3.8) is 0 Å². The number of ether oxygens (including phenoxy) is 2. The van der Waals surface area contributed by atoms with Crippen LogP contribution in [0.4, 0.5) is 9.18 Å². The summed E-state index contributed by atoms with van der Waals surface area (Å²) in [4.78, 5) is 24.5. The van der Waals surface area contributed by atoms with Crippen molar-refractivity contribution in [1.29, 1.82) is 0 Å². The van der Waals surface area contributed by atoms with E-state index in [1.807, 2.05) is 30.3 Å². The minimum absolute atomic E-state index is 0.145. The standard InChI is InChI=1S/C15H18FNO4/c1-20-14(18)12-7-8-17(9-13(12)16)15(19)21-10-11-5-3-2-4-6-11/h2-6,12-13H,7-10H2,1H3/t12-,13+/m1/s1. The molecule has 1 amide bonds. The van der Waals surface area contributed by atoms with E-state index in [-0.39, 0.29) is 26.1 Å². The predicted octanol–water partition coefficient (Wildman–Crippen LogP) is 2.16. The number of rotatable bonds is 3. The Morgan fingerprint density at radius 3 is 2.67 bits per heavy atom. The van der Waals surface area contributed by atoms with Gasteiger partial charge in [-0.1, -0.05) is 30.3 Å². The zero-order valence-corrected chi connectivity index (χ0v) is 11.8. The Morgan fingerprint density at radius 1 is 1.33 bits per heavy atom. The van der Waals surface area contributed by atoms with Crippen LogP contribution in [0.15, 0.2) is 30.3 Å². The number of benzene rings is 1. The molecule has 21 heavy (non-hydrogen) atoms. The Kier molecular flexibility index (Phi) is 5.14. The Hall–Kier alpha value is -2.11. The first-order valence-corrected chi connectivity index (χ1v) is 6.79. The van der Waals surface area contributed by atoms with Crippen LogP contribution in [0.1, 0.15) is 12.0 Å². The second-order valence-corrected chi connectivity index (χ2v) is 4.92. The number of carbonyl (C=O) groups excluding carboxylic acids is 2. The van der Waals surface area contributed by atoms with E-state index in [4.69, 9.17) is 4.74 Å². The number of alkyl halides is 1. The molecule has 0 unspecified atom stereocenters. The molecule has 1 aliphatic heterocycles. The highest BCUT2D eigenvalue weighted by atomic mass is 19.1. The first-order chi connectivity index (χ1) is 10.1. The van der Waals surface area contributed by atoms with Gasteiger partial charge in [-0.05, 0) is 12.0 Å². The third-order valence-corrected chi connectivity index (χ3v) is 3.51. The molecule has 0 N–H and O–H groups in total. The highest BCUT2D eigenvalue weighted by Crippen LogP contribution is 2.22. The maximum absolute atomic E-state index is 13.9. The lowest BCUT2D eigenvalue weighted by molar-refractivity contribution is -0.149. The van der Waals surface area contributed by atoms with Gasteiger partial charge in [0.15, 0.2) is 0 Å². The topological polar surface area (TPSA) is 55.8 Å². The molecule has 1 aromatic rings. The van der Waals surface area contributed by atoms with Crippen LogP contribution in [0.5, 0.6) is 0 Å². The van der Waals surface area contributed by atoms with E-state index in [0.29, 0.717) is 0 Å². The summed E-state index contributed by atoms with van der Waals surface area (Å²) in [5, 5.41) is 0. The lowest BCUT2D eigenvalue weighted by atomic mass is 9.95. The fraction of sp³-hybridized carbons (Fsp3) is 0.467. The molecule has 6 heteroatoms. The molecule has 1 aliphatic rings. The number of likely N-dealkylation sites (tertiary alicyclic amines) is 1. The summed E-state index contributed by atoms with van der Waals surface area (Å²) in [6.45, 7) is 0.286. The summed E-state index contributed by atoms with van der Waals surface area (Å²) in [6.07, 6.45) is -1.74. The average molecular weight is 295 g/mol. The van der Waals surface area contributed by atoms with Crippen LogP contribution in [0.25, 0.3) is 0 Å². The van der Waals surface area contributed by atoms with Gasteiger partial charge < -0.3 is 14.4 Å². The second-order valence-electron chi connectivity index (χ2n) is 4.92. The van der Waals surface area contributed by atoms with Gasteiger partial charge in [0, 0.05) is 6.54 Å². The van der Waals surface area contributed by atoms with Gasteiger partial charge in [-0.25, -0.2) is 9.18 Å². The van der Waals surface area contributed by atoms with Gasteiger partial charge in [-0.3, -0.25) is 4.79 Å². The van der Waals surface area contributed by atoms with E-state index < -0.39 is 24.2 Å². The highest BCUT2D eigenvalue weighted by molar-refractivity contribution is 5.74. The van der Waals surface area contributed by atoms with Gasteiger partial charge >= 0.3 is 12.1 Å². The van der Waals surface area contributed by atoms with Crippen LogP contribution >= 0.6 is 0 Å².